The molecule has 0 aromatic heterocycles. The molecular weight excluding hydrogens is 246 g/mol. The highest BCUT2D eigenvalue weighted by Gasteiger charge is 2.23. The fraction of sp³-hybridized carbons (Fsp3) is 0.500. The molecule has 1 aliphatic rings. The SMILES string of the molecule is O=C(NCC1CCCCC1O)c1cccc(S)c1. The molecule has 2 N–H and O–H groups in total. The highest BCUT2D eigenvalue weighted by molar-refractivity contribution is 7.80. The summed E-state index contributed by atoms with van der Waals surface area (Å²) in [6, 6.07) is 7.17. The lowest BCUT2D eigenvalue weighted by atomic mass is 9.86. The highest BCUT2D eigenvalue weighted by Crippen LogP contribution is 2.23. The summed E-state index contributed by atoms with van der Waals surface area (Å²) in [7, 11) is 0. The van der Waals surface area contributed by atoms with E-state index in [0.717, 1.165) is 30.6 Å². The van der Waals surface area contributed by atoms with E-state index in [1.165, 1.54) is 0 Å². The van der Waals surface area contributed by atoms with E-state index >= 15 is 0 Å². The van der Waals surface area contributed by atoms with Gasteiger partial charge in [-0.15, -0.1) is 12.6 Å². The second kappa shape index (κ2) is 6.25. The van der Waals surface area contributed by atoms with Crippen molar-refractivity contribution in [1.29, 1.82) is 0 Å². The van der Waals surface area contributed by atoms with Gasteiger partial charge in [-0.25, -0.2) is 0 Å². The van der Waals surface area contributed by atoms with Gasteiger partial charge in [0, 0.05) is 22.9 Å². The summed E-state index contributed by atoms with van der Waals surface area (Å²) in [6.07, 6.45) is 3.81. The molecule has 0 spiro atoms. The lowest BCUT2D eigenvalue weighted by Crippen LogP contribution is -2.36. The van der Waals surface area contributed by atoms with Crippen LogP contribution in [0.3, 0.4) is 0 Å². The molecule has 2 unspecified atom stereocenters. The van der Waals surface area contributed by atoms with E-state index in [1.54, 1.807) is 12.1 Å². The lowest BCUT2D eigenvalue weighted by molar-refractivity contribution is 0.0663. The number of thiol groups is 1. The first kappa shape index (κ1) is 13.4. The minimum absolute atomic E-state index is 0.0938. The number of carbonyl (C=O) groups excluding carboxylic acids is 1. The van der Waals surface area contributed by atoms with Crippen molar-refractivity contribution in [2.45, 2.75) is 36.7 Å². The van der Waals surface area contributed by atoms with Crippen molar-refractivity contribution in [2.24, 2.45) is 5.92 Å². The Balaban J connectivity index is 1.88. The number of nitrogens with one attached hydrogen (secondary N) is 1. The Labute approximate surface area is 113 Å². The second-order valence-corrected chi connectivity index (χ2v) is 5.39. The molecule has 2 atom stereocenters. The van der Waals surface area contributed by atoms with Gasteiger partial charge in [-0.1, -0.05) is 18.9 Å². The molecule has 1 fully saturated rings. The van der Waals surface area contributed by atoms with Crippen LogP contribution in [-0.2, 0) is 0 Å². The summed E-state index contributed by atoms with van der Waals surface area (Å²) in [5, 5.41) is 12.7. The Hall–Kier alpha value is -1.00. The van der Waals surface area contributed by atoms with Crippen LogP contribution in [-0.4, -0.2) is 23.7 Å². The van der Waals surface area contributed by atoms with Crippen LogP contribution in [0, 0.1) is 5.92 Å². The van der Waals surface area contributed by atoms with Gasteiger partial charge in [0.2, 0.25) is 0 Å². The Bertz CT molecular complexity index is 422. The van der Waals surface area contributed by atoms with Crippen LogP contribution in [0.15, 0.2) is 29.2 Å². The van der Waals surface area contributed by atoms with Crippen LogP contribution in [0.2, 0.25) is 0 Å². The minimum atomic E-state index is -0.268. The largest absolute Gasteiger partial charge is 0.393 e. The molecule has 0 heterocycles. The first-order chi connectivity index (χ1) is 8.66. The molecule has 3 nitrogen and oxygen atoms in total. The molecule has 1 saturated carbocycles. The van der Waals surface area contributed by atoms with Crippen LogP contribution >= 0.6 is 12.6 Å². The Morgan fingerprint density at radius 2 is 2.17 bits per heavy atom. The van der Waals surface area contributed by atoms with E-state index < -0.39 is 0 Å². The predicted molar refractivity (Wildman–Crippen MR) is 74.0 cm³/mol. The number of amides is 1. The van der Waals surface area contributed by atoms with Crippen LogP contribution in [0.25, 0.3) is 0 Å². The number of rotatable bonds is 3. The molecule has 4 heteroatoms. The summed E-state index contributed by atoms with van der Waals surface area (Å²) >= 11 is 4.21. The molecule has 0 aliphatic heterocycles. The van der Waals surface area contributed by atoms with Crippen molar-refractivity contribution in [2.75, 3.05) is 6.54 Å². The van der Waals surface area contributed by atoms with Crippen molar-refractivity contribution < 1.29 is 9.90 Å². The van der Waals surface area contributed by atoms with Gasteiger partial charge in [-0.3, -0.25) is 4.79 Å². The molecule has 0 radical (unpaired) electrons. The topological polar surface area (TPSA) is 49.3 Å². The summed E-state index contributed by atoms with van der Waals surface area (Å²) in [5.41, 5.74) is 0.618. The third-order valence-corrected chi connectivity index (χ3v) is 3.78. The molecule has 1 aliphatic carbocycles. The van der Waals surface area contributed by atoms with Crippen molar-refractivity contribution in [3.8, 4) is 0 Å². The second-order valence-electron chi connectivity index (χ2n) is 4.87. The number of benzene rings is 1. The predicted octanol–water partition coefficient (Wildman–Crippen LogP) is 2.26. The van der Waals surface area contributed by atoms with Gasteiger partial charge in [-0.05, 0) is 31.0 Å². The average molecular weight is 265 g/mol. The zero-order valence-corrected chi connectivity index (χ0v) is 11.2. The normalized spacial score (nSPS) is 23.7. The van der Waals surface area contributed by atoms with Gasteiger partial charge in [-0.2, -0.15) is 0 Å². The average Bonchev–Trinajstić information content (AvgIpc) is 2.37. The van der Waals surface area contributed by atoms with E-state index in [1.807, 2.05) is 12.1 Å². The molecule has 0 saturated heterocycles. The fourth-order valence-electron chi connectivity index (χ4n) is 2.40. The van der Waals surface area contributed by atoms with Crippen molar-refractivity contribution in [3.05, 3.63) is 29.8 Å². The van der Waals surface area contributed by atoms with Crippen LogP contribution < -0.4 is 5.32 Å². The first-order valence-corrected chi connectivity index (χ1v) is 6.87. The van der Waals surface area contributed by atoms with Crippen LogP contribution in [0.1, 0.15) is 36.0 Å². The molecule has 1 aromatic carbocycles. The zero-order valence-electron chi connectivity index (χ0n) is 10.3. The van der Waals surface area contributed by atoms with Gasteiger partial charge in [0.25, 0.3) is 5.91 Å². The maximum atomic E-state index is 11.9. The van der Waals surface area contributed by atoms with E-state index in [-0.39, 0.29) is 17.9 Å². The number of aliphatic hydroxyl groups is 1. The molecule has 98 valence electrons. The number of hydrogen-bond donors (Lipinski definition) is 3. The zero-order chi connectivity index (χ0) is 13.0. The number of hydrogen-bond acceptors (Lipinski definition) is 3. The summed E-state index contributed by atoms with van der Waals surface area (Å²) in [5.74, 6) is 0.102. The van der Waals surface area contributed by atoms with E-state index in [9.17, 15) is 9.90 Å². The van der Waals surface area contributed by atoms with Gasteiger partial charge in [0.1, 0.15) is 0 Å². The third kappa shape index (κ3) is 3.50. The fourth-order valence-corrected chi connectivity index (χ4v) is 2.62. The Morgan fingerprint density at radius 1 is 1.39 bits per heavy atom. The van der Waals surface area contributed by atoms with E-state index in [4.69, 9.17) is 0 Å². The quantitative estimate of drug-likeness (QED) is 0.734. The first-order valence-electron chi connectivity index (χ1n) is 6.42. The summed E-state index contributed by atoms with van der Waals surface area (Å²) < 4.78 is 0. The highest BCUT2D eigenvalue weighted by atomic mass is 32.1. The van der Waals surface area contributed by atoms with E-state index in [2.05, 4.69) is 17.9 Å². The van der Waals surface area contributed by atoms with Gasteiger partial charge >= 0.3 is 0 Å². The lowest BCUT2D eigenvalue weighted by Gasteiger charge is -2.27. The minimum Gasteiger partial charge on any atom is -0.393 e. The van der Waals surface area contributed by atoms with Gasteiger partial charge in [0.05, 0.1) is 6.10 Å². The van der Waals surface area contributed by atoms with Gasteiger partial charge in [0.15, 0.2) is 0 Å². The maximum Gasteiger partial charge on any atom is 0.251 e. The van der Waals surface area contributed by atoms with Crippen LogP contribution in [0.5, 0.6) is 0 Å². The van der Waals surface area contributed by atoms with Crippen molar-refractivity contribution in [3.63, 3.8) is 0 Å². The maximum absolute atomic E-state index is 11.9. The monoisotopic (exact) mass is 265 g/mol. The standard InChI is InChI=1S/C14H19NO2S/c16-13-7-2-1-4-11(13)9-15-14(17)10-5-3-6-12(18)8-10/h3,5-6,8,11,13,16,18H,1-2,4,7,9H2,(H,15,17). The molecule has 2 rings (SSSR count). The number of aliphatic hydroxyl groups excluding tert-OH is 1. The van der Waals surface area contributed by atoms with Crippen molar-refractivity contribution in [1.82, 2.24) is 5.32 Å². The number of carbonyl (C=O) groups is 1. The van der Waals surface area contributed by atoms with Crippen LogP contribution in [0.4, 0.5) is 0 Å². The van der Waals surface area contributed by atoms with Crippen molar-refractivity contribution >= 4 is 18.5 Å². The third-order valence-electron chi connectivity index (χ3n) is 3.50. The molecule has 1 amide bonds. The smallest absolute Gasteiger partial charge is 0.251 e. The molecule has 1 aromatic rings. The van der Waals surface area contributed by atoms with E-state index in [0.29, 0.717) is 12.1 Å². The Kier molecular flexibility index (Phi) is 4.66. The molecule has 0 bridgehead atoms. The Morgan fingerprint density at radius 3 is 2.89 bits per heavy atom. The summed E-state index contributed by atoms with van der Waals surface area (Å²) in [4.78, 5) is 12.7. The summed E-state index contributed by atoms with van der Waals surface area (Å²) in [6.45, 7) is 0.552. The van der Waals surface area contributed by atoms with Gasteiger partial charge < -0.3 is 10.4 Å². The molecule has 18 heavy (non-hydrogen) atoms. The molecular formula is C14H19NO2S.